The minimum Gasteiger partial charge on any atom is -0.351 e. The Labute approximate surface area is 144 Å². The van der Waals surface area contributed by atoms with E-state index < -0.39 is 0 Å². The number of carbonyl (C=O) groups excluding carboxylic acids is 1. The number of carbonyl (C=O) groups is 1. The summed E-state index contributed by atoms with van der Waals surface area (Å²) in [5.74, 6) is 0.673. The second-order valence-corrected chi connectivity index (χ2v) is 6.44. The predicted molar refractivity (Wildman–Crippen MR) is 93.0 cm³/mol. The minimum atomic E-state index is -0.0213. The third-order valence-corrected chi connectivity index (χ3v) is 4.86. The Morgan fingerprint density at radius 3 is 2.84 bits per heavy atom. The second kappa shape index (κ2) is 5.51. The Hall–Kier alpha value is -3.02. The average molecular weight is 331 g/mol. The maximum atomic E-state index is 12.4. The van der Waals surface area contributed by atoms with E-state index in [0.29, 0.717) is 18.1 Å². The number of hydrogen-bond donors (Lipinski definition) is 1. The molecule has 124 valence electrons. The van der Waals surface area contributed by atoms with E-state index in [1.165, 1.54) is 0 Å². The molecule has 6 heteroatoms. The van der Waals surface area contributed by atoms with Crippen LogP contribution >= 0.6 is 0 Å². The Kier molecular flexibility index (Phi) is 3.16. The number of benzene rings is 1. The smallest absolute Gasteiger partial charge is 0.269 e. The van der Waals surface area contributed by atoms with E-state index in [1.807, 2.05) is 41.2 Å². The highest BCUT2D eigenvalue weighted by Gasteiger charge is 2.30. The van der Waals surface area contributed by atoms with Gasteiger partial charge in [0.1, 0.15) is 11.4 Å². The van der Waals surface area contributed by atoms with Crippen LogP contribution in [0.5, 0.6) is 0 Å². The highest BCUT2D eigenvalue weighted by molar-refractivity contribution is 5.96. The van der Waals surface area contributed by atoms with E-state index in [0.717, 1.165) is 53.9 Å². The standard InChI is InChI=1S/C19H17N5O/c25-19-17-14-8-7-13-11-21-18(12-5-2-1-3-6-12)22-15(13)16(14)23-24(17)10-4-9-20-19/h1-3,5-6,11H,4,7-10H2,(H,20,25). The summed E-state index contributed by atoms with van der Waals surface area (Å²) < 4.78 is 1.85. The second-order valence-electron chi connectivity index (χ2n) is 6.44. The molecule has 1 aromatic carbocycles. The highest BCUT2D eigenvalue weighted by atomic mass is 16.2. The molecule has 0 fully saturated rings. The van der Waals surface area contributed by atoms with E-state index in [-0.39, 0.29) is 5.91 Å². The van der Waals surface area contributed by atoms with Gasteiger partial charge in [-0.05, 0) is 24.8 Å². The molecule has 0 unspecified atom stereocenters. The van der Waals surface area contributed by atoms with Gasteiger partial charge in [0.2, 0.25) is 0 Å². The summed E-state index contributed by atoms with van der Waals surface area (Å²) in [6, 6.07) is 9.94. The fourth-order valence-electron chi connectivity index (χ4n) is 3.64. The first-order chi connectivity index (χ1) is 12.3. The molecule has 25 heavy (non-hydrogen) atoms. The van der Waals surface area contributed by atoms with Crippen LogP contribution in [0.25, 0.3) is 22.8 Å². The molecular weight excluding hydrogens is 314 g/mol. The molecule has 2 aromatic heterocycles. The Morgan fingerprint density at radius 2 is 1.96 bits per heavy atom. The van der Waals surface area contributed by atoms with Crippen LogP contribution in [0.1, 0.15) is 28.0 Å². The lowest BCUT2D eigenvalue weighted by atomic mass is 9.93. The van der Waals surface area contributed by atoms with E-state index in [4.69, 9.17) is 10.1 Å². The summed E-state index contributed by atoms with van der Waals surface area (Å²) in [6.07, 6.45) is 4.44. The average Bonchev–Trinajstić information content (AvgIpc) is 2.94. The van der Waals surface area contributed by atoms with Crippen molar-refractivity contribution in [3.63, 3.8) is 0 Å². The van der Waals surface area contributed by atoms with Crippen LogP contribution in [0.2, 0.25) is 0 Å². The number of fused-ring (bicyclic) bond motifs is 5. The van der Waals surface area contributed by atoms with E-state index in [9.17, 15) is 4.79 Å². The number of rotatable bonds is 1. The molecule has 3 aromatic rings. The van der Waals surface area contributed by atoms with Crippen LogP contribution in [0, 0.1) is 0 Å². The lowest BCUT2D eigenvalue weighted by Crippen LogP contribution is -2.24. The first kappa shape index (κ1) is 14.3. The van der Waals surface area contributed by atoms with Crippen LogP contribution in [-0.2, 0) is 19.4 Å². The van der Waals surface area contributed by atoms with Crippen LogP contribution in [-0.4, -0.2) is 32.2 Å². The molecule has 3 heterocycles. The number of aromatic nitrogens is 4. The summed E-state index contributed by atoms with van der Waals surface area (Å²) in [6.45, 7) is 1.46. The van der Waals surface area contributed by atoms with Gasteiger partial charge in [-0.1, -0.05) is 30.3 Å². The van der Waals surface area contributed by atoms with E-state index >= 15 is 0 Å². The first-order valence-corrected chi connectivity index (χ1v) is 8.61. The first-order valence-electron chi connectivity index (χ1n) is 8.61. The van der Waals surface area contributed by atoms with Crippen LogP contribution < -0.4 is 5.32 Å². The lowest BCUT2D eigenvalue weighted by Gasteiger charge is -2.15. The Morgan fingerprint density at radius 1 is 1.08 bits per heavy atom. The normalized spacial score (nSPS) is 15.6. The molecule has 5 rings (SSSR count). The molecule has 0 atom stereocenters. The maximum Gasteiger partial charge on any atom is 0.269 e. The van der Waals surface area contributed by atoms with E-state index in [2.05, 4.69) is 10.3 Å². The number of nitrogens with zero attached hydrogens (tertiary/aromatic N) is 4. The fourth-order valence-corrected chi connectivity index (χ4v) is 3.64. The van der Waals surface area contributed by atoms with Gasteiger partial charge in [0, 0.05) is 30.4 Å². The number of aryl methyl sites for hydroxylation is 2. The van der Waals surface area contributed by atoms with Gasteiger partial charge in [-0.25, -0.2) is 9.97 Å². The third kappa shape index (κ3) is 2.25. The van der Waals surface area contributed by atoms with Gasteiger partial charge < -0.3 is 5.32 Å². The van der Waals surface area contributed by atoms with Gasteiger partial charge in [-0.15, -0.1) is 0 Å². The van der Waals surface area contributed by atoms with Crippen molar-refractivity contribution in [1.82, 2.24) is 25.1 Å². The minimum absolute atomic E-state index is 0.0213. The van der Waals surface area contributed by atoms with Gasteiger partial charge in [-0.3, -0.25) is 9.48 Å². The van der Waals surface area contributed by atoms with Gasteiger partial charge in [0.25, 0.3) is 5.91 Å². The van der Waals surface area contributed by atoms with Crippen molar-refractivity contribution in [3.05, 3.63) is 53.3 Å². The van der Waals surface area contributed by atoms with Crippen LogP contribution in [0.15, 0.2) is 36.5 Å². The molecule has 6 nitrogen and oxygen atoms in total. The van der Waals surface area contributed by atoms with Crippen molar-refractivity contribution in [3.8, 4) is 22.8 Å². The molecule has 2 aliphatic rings. The monoisotopic (exact) mass is 331 g/mol. The largest absolute Gasteiger partial charge is 0.351 e. The molecule has 0 spiro atoms. The number of nitrogens with one attached hydrogen (secondary N) is 1. The summed E-state index contributed by atoms with van der Waals surface area (Å²) >= 11 is 0. The van der Waals surface area contributed by atoms with Gasteiger partial charge in [-0.2, -0.15) is 5.10 Å². The van der Waals surface area contributed by atoms with Crippen LogP contribution in [0.4, 0.5) is 0 Å². The zero-order valence-corrected chi connectivity index (χ0v) is 13.7. The maximum absolute atomic E-state index is 12.4. The number of hydrogen-bond acceptors (Lipinski definition) is 4. The molecule has 1 N–H and O–H groups in total. The van der Waals surface area contributed by atoms with Crippen molar-refractivity contribution in [2.75, 3.05) is 6.54 Å². The van der Waals surface area contributed by atoms with Crippen LogP contribution in [0.3, 0.4) is 0 Å². The molecule has 1 aliphatic heterocycles. The van der Waals surface area contributed by atoms with Crippen molar-refractivity contribution in [1.29, 1.82) is 0 Å². The van der Waals surface area contributed by atoms with Crippen molar-refractivity contribution in [2.24, 2.45) is 0 Å². The topological polar surface area (TPSA) is 72.7 Å². The summed E-state index contributed by atoms with van der Waals surface area (Å²) in [5.41, 5.74) is 5.51. The Balaban J connectivity index is 1.68. The fraction of sp³-hybridized carbons (Fsp3) is 0.263. The van der Waals surface area contributed by atoms with Gasteiger partial charge in [0.05, 0.1) is 5.69 Å². The van der Waals surface area contributed by atoms with Crippen molar-refractivity contribution < 1.29 is 4.79 Å². The molecule has 1 aliphatic carbocycles. The zero-order valence-electron chi connectivity index (χ0n) is 13.7. The quantitative estimate of drug-likeness (QED) is 0.742. The SMILES string of the molecule is O=C1NCCCn2nc3c(c21)CCc1cnc(-c2ccccc2)nc1-3. The number of amides is 1. The molecule has 1 amide bonds. The third-order valence-electron chi connectivity index (χ3n) is 4.86. The Bertz CT molecular complexity index is 977. The highest BCUT2D eigenvalue weighted by Crippen LogP contribution is 2.34. The predicted octanol–water partition coefficient (Wildman–Crippen LogP) is 2.24. The summed E-state index contributed by atoms with van der Waals surface area (Å²) in [5, 5.41) is 7.71. The summed E-state index contributed by atoms with van der Waals surface area (Å²) in [7, 11) is 0. The van der Waals surface area contributed by atoms with Gasteiger partial charge in [0.15, 0.2) is 5.82 Å². The van der Waals surface area contributed by atoms with Crippen molar-refractivity contribution in [2.45, 2.75) is 25.8 Å². The lowest BCUT2D eigenvalue weighted by molar-refractivity contribution is 0.0949. The zero-order chi connectivity index (χ0) is 16.8. The molecule has 0 saturated heterocycles. The molecule has 0 bridgehead atoms. The van der Waals surface area contributed by atoms with Crippen molar-refractivity contribution >= 4 is 5.91 Å². The molecule has 0 radical (unpaired) electrons. The van der Waals surface area contributed by atoms with Gasteiger partial charge >= 0.3 is 0 Å². The molecular formula is C19H17N5O. The molecule has 0 saturated carbocycles. The summed E-state index contributed by atoms with van der Waals surface area (Å²) in [4.78, 5) is 21.8. The van der Waals surface area contributed by atoms with E-state index in [1.54, 1.807) is 0 Å².